The lowest BCUT2D eigenvalue weighted by atomic mass is 9.97. The molecule has 2 rings (SSSR count). The molecule has 0 amide bonds. The first kappa shape index (κ1) is 13.8. The Morgan fingerprint density at radius 1 is 1.37 bits per heavy atom. The molecule has 1 aromatic rings. The summed E-state index contributed by atoms with van der Waals surface area (Å²) < 4.78 is 4.91. The Kier molecular flexibility index (Phi) is 5.16. The van der Waals surface area contributed by atoms with E-state index in [-0.39, 0.29) is 11.9 Å². The Labute approximate surface area is 114 Å². The number of nitrogens with one attached hydrogen (secondary N) is 1. The molecule has 0 saturated carbocycles. The summed E-state index contributed by atoms with van der Waals surface area (Å²) in [5, 5.41) is 3.48. The molecule has 3 nitrogen and oxygen atoms in total. The van der Waals surface area contributed by atoms with Crippen LogP contribution in [0.3, 0.4) is 0 Å². The van der Waals surface area contributed by atoms with Crippen LogP contribution in [0, 0.1) is 0 Å². The number of benzene rings is 1. The van der Waals surface area contributed by atoms with Crippen LogP contribution in [0.15, 0.2) is 42.5 Å². The van der Waals surface area contributed by atoms with E-state index in [0.717, 1.165) is 24.8 Å². The summed E-state index contributed by atoms with van der Waals surface area (Å²) in [7, 11) is 1.45. The van der Waals surface area contributed by atoms with Crippen LogP contribution in [0.2, 0.25) is 0 Å². The van der Waals surface area contributed by atoms with E-state index in [1.54, 1.807) is 0 Å². The smallest absolute Gasteiger partial charge is 0.314 e. The van der Waals surface area contributed by atoms with Gasteiger partial charge in [-0.25, -0.2) is 0 Å². The zero-order valence-electron chi connectivity index (χ0n) is 11.3. The molecule has 0 bridgehead atoms. The average Bonchev–Trinajstić information content (AvgIpc) is 2.49. The summed E-state index contributed by atoms with van der Waals surface area (Å²) in [4.78, 5) is 11.9. The van der Waals surface area contributed by atoms with Gasteiger partial charge in [0, 0.05) is 12.6 Å². The van der Waals surface area contributed by atoms with Gasteiger partial charge in [0.15, 0.2) is 0 Å². The number of carbonyl (C=O) groups excluding carboxylic acids is 1. The fraction of sp³-hybridized carbons (Fsp3) is 0.438. The normalized spacial score (nSPS) is 19.9. The van der Waals surface area contributed by atoms with Gasteiger partial charge in [0.1, 0.15) is 0 Å². The maximum atomic E-state index is 11.9. The molecule has 0 fully saturated rings. The van der Waals surface area contributed by atoms with Gasteiger partial charge in [-0.3, -0.25) is 4.79 Å². The Morgan fingerprint density at radius 3 is 2.79 bits per heavy atom. The first-order chi connectivity index (χ1) is 9.31. The van der Waals surface area contributed by atoms with Gasteiger partial charge in [-0.05, 0) is 24.8 Å². The average molecular weight is 259 g/mol. The number of methoxy groups -OCH3 is 1. The van der Waals surface area contributed by atoms with Crippen molar-refractivity contribution in [2.24, 2.45) is 0 Å². The van der Waals surface area contributed by atoms with E-state index >= 15 is 0 Å². The minimum absolute atomic E-state index is 0.176. The van der Waals surface area contributed by atoms with Crippen molar-refractivity contribution in [3.8, 4) is 0 Å². The van der Waals surface area contributed by atoms with E-state index in [1.165, 1.54) is 7.11 Å². The monoisotopic (exact) mass is 259 g/mol. The van der Waals surface area contributed by atoms with E-state index in [1.807, 2.05) is 30.3 Å². The summed E-state index contributed by atoms with van der Waals surface area (Å²) in [6, 6.07) is 10.3. The van der Waals surface area contributed by atoms with Crippen LogP contribution in [0.4, 0.5) is 0 Å². The van der Waals surface area contributed by atoms with Crippen molar-refractivity contribution in [2.75, 3.05) is 13.7 Å². The molecule has 2 atom stereocenters. The SMILES string of the molecule is COC(=O)C(CNC1CC=CCC1)c1ccccc1. The number of hydrogen-bond acceptors (Lipinski definition) is 3. The van der Waals surface area contributed by atoms with Crippen LogP contribution in [0.25, 0.3) is 0 Å². The van der Waals surface area contributed by atoms with Gasteiger partial charge < -0.3 is 10.1 Å². The van der Waals surface area contributed by atoms with Crippen molar-refractivity contribution in [1.82, 2.24) is 5.32 Å². The van der Waals surface area contributed by atoms with Gasteiger partial charge in [0.2, 0.25) is 0 Å². The molecule has 1 aromatic carbocycles. The summed E-state index contributed by atoms with van der Waals surface area (Å²) in [6.07, 6.45) is 7.72. The molecule has 19 heavy (non-hydrogen) atoms. The molecule has 1 N–H and O–H groups in total. The van der Waals surface area contributed by atoms with Crippen LogP contribution >= 0.6 is 0 Å². The van der Waals surface area contributed by atoms with Crippen molar-refractivity contribution in [2.45, 2.75) is 31.2 Å². The van der Waals surface area contributed by atoms with Gasteiger partial charge in [0.05, 0.1) is 13.0 Å². The Bertz CT molecular complexity index is 428. The Morgan fingerprint density at radius 2 is 2.16 bits per heavy atom. The van der Waals surface area contributed by atoms with Gasteiger partial charge in [0.25, 0.3) is 0 Å². The second kappa shape index (κ2) is 7.10. The highest BCUT2D eigenvalue weighted by Crippen LogP contribution is 2.18. The molecule has 0 heterocycles. The summed E-state index contributed by atoms with van der Waals surface area (Å²) in [5.41, 5.74) is 1.01. The number of rotatable bonds is 5. The van der Waals surface area contributed by atoms with Crippen LogP contribution in [-0.2, 0) is 9.53 Å². The van der Waals surface area contributed by atoms with E-state index in [0.29, 0.717) is 12.6 Å². The van der Waals surface area contributed by atoms with Gasteiger partial charge >= 0.3 is 5.97 Å². The molecule has 0 spiro atoms. The maximum Gasteiger partial charge on any atom is 0.314 e. The molecule has 1 aliphatic carbocycles. The van der Waals surface area contributed by atoms with E-state index < -0.39 is 0 Å². The van der Waals surface area contributed by atoms with Crippen molar-refractivity contribution in [1.29, 1.82) is 0 Å². The minimum atomic E-state index is -0.225. The predicted molar refractivity (Wildman–Crippen MR) is 76.0 cm³/mol. The molecule has 1 aliphatic rings. The topological polar surface area (TPSA) is 38.3 Å². The van der Waals surface area contributed by atoms with E-state index in [4.69, 9.17) is 4.74 Å². The molecule has 0 saturated heterocycles. The van der Waals surface area contributed by atoms with Crippen LogP contribution in [0.5, 0.6) is 0 Å². The molecule has 102 valence electrons. The minimum Gasteiger partial charge on any atom is -0.469 e. The van der Waals surface area contributed by atoms with Crippen LogP contribution in [-0.4, -0.2) is 25.7 Å². The van der Waals surface area contributed by atoms with Crippen LogP contribution < -0.4 is 5.32 Å². The third kappa shape index (κ3) is 3.93. The number of hydrogen-bond donors (Lipinski definition) is 1. The first-order valence-corrected chi connectivity index (χ1v) is 6.82. The van der Waals surface area contributed by atoms with Gasteiger partial charge in [-0.1, -0.05) is 42.5 Å². The fourth-order valence-corrected chi connectivity index (χ4v) is 2.43. The first-order valence-electron chi connectivity index (χ1n) is 6.82. The summed E-state index contributed by atoms with van der Waals surface area (Å²) >= 11 is 0. The van der Waals surface area contributed by atoms with Crippen LogP contribution in [0.1, 0.15) is 30.7 Å². The zero-order valence-corrected chi connectivity index (χ0v) is 11.3. The van der Waals surface area contributed by atoms with Crippen molar-refractivity contribution in [3.05, 3.63) is 48.0 Å². The van der Waals surface area contributed by atoms with E-state index in [2.05, 4.69) is 17.5 Å². The number of ether oxygens (including phenoxy) is 1. The molecule has 3 heteroatoms. The van der Waals surface area contributed by atoms with Crippen molar-refractivity contribution >= 4 is 5.97 Å². The standard InChI is InChI=1S/C16H21NO2/c1-19-16(18)15(13-8-4-2-5-9-13)12-17-14-10-6-3-7-11-14/h2-6,8-9,14-15,17H,7,10-12H2,1H3. The summed E-state index contributed by atoms with van der Waals surface area (Å²) in [5.74, 6) is -0.401. The molecular weight excluding hydrogens is 238 g/mol. The molecular formula is C16H21NO2. The zero-order chi connectivity index (χ0) is 13.5. The third-order valence-electron chi connectivity index (χ3n) is 3.57. The lowest BCUT2D eigenvalue weighted by Crippen LogP contribution is -2.35. The van der Waals surface area contributed by atoms with Gasteiger partial charge in [-0.2, -0.15) is 0 Å². The molecule has 0 aromatic heterocycles. The highest BCUT2D eigenvalue weighted by molar-refractivity contribution is 5.78. The van der Waals surface area contributed by atoms with Gasteiger partial charge in [-0.15, -0.1) is 0 Å². The quantitative estimate of drug-likeness (QED) is 0.652. The lowest BCUT2D eigenvalue weighted by molar-refractivity contribution is -0.142. The highest BCUT2D eigenvalue weighted by Gasteiger charge is 2.22. The number of esters is 1. The van der Waals surface area contributed by atoms with E-state index in [9.17, 15) is 4.79 Å². The van der Waals surface area contributed by atoms with Crippen molar-refractivity contribution in [3.63, 3.8) is 0 Å². The molecule has 0 radical (unpaired) electrons. The maximum absolute atomic E-state index is 11.9. The molecule has 0 aliphatic heterocycles. The number of carbonyl (C=O) groups is 1. The molecule has 2 unspecified atom stereocenters. The largest absolute Gasteiger partial charge is 0.469 e. The Hall–Kier alpha value is -1.61. The second-order valence-electron chi connectivity index (χ2n) is 4.88. The lowest BCUT2D eigenvalue weighted by Gasteiger charge is -2.22. The third-order valence-corrected chi connectivity index (χ3v) is 3.57. The second-order valence-corrected chi connectivity index (χ2v) is 4.88. The summed E-state index contributed by atoms with van der Waals surface area (Å²) in [6.45, 7) is 0.634. The Balaban J connectivity index is 1.98. The van der Waals surface area contributed by atoms with Crippen molar-refractivity contribution < 1.29 is 9.53 Å². The fourth-order valence-electron chi connectivity index (χ4n) is 2.43. The number of allylic oxidation sites excluding steroid dienone is 1. The predicted octanol–water partition coefficient (Wildman–Crippen LogP) is 2.64. The highest BCUT2D eigenvalue weighted by atomic mass is 16.5.